The van der Waals surface area contributed by atoms with Gasteiger partial charge in [-0.05, 0) is 196 Å². The van der Waals surface area contributed by atoms with Crippen LogP contribution < -0.4 is 28.4 Å². The van der Waals surface area contributed by atoms with Crippen molar-refractivity contribution in [3.63, 3.8) is 0 Å². The average molecular weight is 998 g/mol. The van der Waals surface area contributed by atoms with Crippen LogP contribution in [0.2, 0.25) is 0 Å². The van der Waals surface area contributed by atoms with Crippen LogP contribution in [0.15, 0.2) is 71.2 Å². The summed E-state index contributed by atoms with van der Waals surface area (Å²) >= 11 is 3.73. The number of benzene rings is 5. The Hall–Kier alpha value is -4.70. The van der Waals surface area contributed by atoms with E-state index in [2.05, 4.69) is 64.5 Å². The quantitative estimate of drug-likeness (QED) is 0.162. The van der Waals surface area contributed by atoms with Crippen molar-refractivity contribution in [1.82, 2.24) is 0 Å². The van der Waals surface area contributed by atoms with Gasteiger partial charge < -0.3 is 37.9 Å². The van der Waals surface area contributed by atoms with Gasteiger partial charge in [0.25, 0.3) is 0 Å². The lowest BCUT2D eigenvalue weighted by Gasteiger charge is -2.41. The summed E-state index contributed by atoms with van der Waals surface area (Å²) in [5, 5.41) is 0. The van der Waals surface area contributed by atoms with Crippen LogP contribution in [0.5, 0.6) is 34.5 Å². The highest BCUT2D eigenvalue weighted by atomic mass is 79.9. The Kier molecular flexibility index (Phi) is 14.4. The van der Waals surface area contributed by atoms with E-state index in [0.29, 0.717) is 76.2 Å². The summed E-state index contributed by atoms with van der Waals surface area (Å²) in [5.74, 6) is 6.70. The van der Waals surface area contributed by atoms with Crippen molar-refractivity contribution in [2.45, 2.75) is 126 Å². The molecule has 0 saturated heterocycles. The topological polar surface area (TPSA) is 73.8 Å². The molecule has 7 aliphatic rings. The van der Waals surface area contributed by atoms with Crippen LogP contribution in [0.3, 0.4) is 0 Å². The van der Waals surface area contributed by atoms with Gasteiger partial charge in [0.05, 0.1) is 40.6 Å². The van der Waals surface area contributed by atoms with Gasteiger partial charge in [-0.15, -0.1) is 0 Å². The molecule has 5 aromatic rings. The Morgan fingerprint density at radius 2 is 0.783 bits per heavy atom. The number of aryl methyl sites for hydroxylation is 4. The van der Waals surface area contributed by atoms with Crippen molar-refractivity contribution in [3.8, 4) is 34.5 Å². The fourth-order valence-corrected chi connectivity index (χ4v) is 13.0. The minimum Gasteiger partial charge on any atom is -0.496 e. The summed E-state index contributed by atoms with van der Waals surface area (Å²) in [6.07, 6.45) is 17.1. The molecule has 2 aliphatic heterocycles. The summed E-state index contributed by atoms with van der Waals surface area (Å²) < 4.78 is 53.3. The zero-order valence-corrected chi connectivity index (χ0v) is 42.4. The van der Waals surface area contributed by atoms with E-state index < -0.39 is 0 Å². The van der Waals surface area contributed by atoms with E-state index in [1.165, 1.54) is 79.6 Å². The maximum Gasteiger partial charge on any atom is 0.137 e. The molecule has 69 heavy (non-hydrogen) atoms. The van der Waals surface area contributed by atoms with Gasteiger partial charge >= 0.3 is 0 Å². The zero-order chi connectivity index (χ0) is 46.7. The largest absolute Gasteiger partial charge is 0.496 e. The number of hydrogen-bond donors (Lipinski definition) is 0. The highest BCUT2D eigenvalue weighted by Crippen LogP contribution is 2.58. The molecule has 2 fully saturated rings. The molecule has 364 valence electrons. The fraction of sp³-hybridized carbons (Fsp3) is 0.500. The van der Waals surface area contributed by atoms with Gasteiger partial charge in [0.1, 0.15) is 65.4 Å². The third-order valence-corrected chi connectivity index (χ3v) is 16.8. The Balaban J connectivity index is 1.11. The van der Waals surface area contributed by atoms with Crippen molar-refractivity contribution in [2.24, 2.45) is 0 Å². The SMILES string of the molecule is COc1c2cc3cc1C1CCC1c1cc(cc4c1OCCOCCOc1cccc(c1Br)OCCOCCOc1c(cc5cc1C1CCC1c1cc(cc(c1OC)C4)CCCCC5)C2)CCCCC3. The van der Waals surface area contributed by atoms with Gasteiger partial charge in [0.2, 0.25) is 0 Å². The van der Waals surface area contributed by atoms with Crippen LogP contribution in [0.4, 0.5) is 0 Å². The zero-order valence-electron chi connectivity index (χ0n) is 40.8. The summed E-state index contributed by atoms with van der Waals surface area (Å²) in [6, 6.07) is 25.8. The van der Waals surface area contributed by atoms with Crippen LogP contribution in [0.1, 0.15) is 155 Å². The van der Waals surface area contributed by atoms with E-state index in [1.54, 1.807) is 0 Å². The molecular formula is C60H69BrO8. The molecule has 0 spiro atoms. The maximum atomic E-state index is 7.14. The molecule has 9 heteroatoms. The Bertz CT molecular complexity index is 2460. The van der Waals surface area contributed by atoms with Gasteiger partial charge in [0.15, 0.2) is 0 Å². The van der Waals surface area contributed by atoms with Crippen molar-refractivity contribution >= 4 is 15.9 Å². The molecule has 12 rings (SSSR count). The fourth-order valence-electron chi connectivity index (χ4n) is 12.5. The molecule has 0 aromatic heterocycles. The van der Waals surface area contributed by atoms with Crippen molar-refractivity contribution in [3.05, 3.63) is 138 Å². The molecule has 0 amide bonds. The van der Waals surface area contributed by atoms with Crippen molar-refractivity contribution < 1.29 is 37.9 Å². The highest BCUT2D eigenvalue weighted by Gasteiger charge is 2.41. The van der Waals surface area contributed by atoms with Crippen LogP contribution in [-0.4, -0.2) is 67.1 Å². The summed E-state index contributed by atoms with van der Waals surface area (Å²) in [4.78, 5) is 0. The number of halogens is 1. The van der Waals surface area contributed by atoms with E-state index in [4.69, 9.17) is 37.9 Å². The summed E-state index contributed by atoms with van der Waals surface area (Å²) in [5.41, 5.74) is 16.0. The molecule has 4 atom stereocenters. The lowest BCUT2D eigenvalue weighted by atomic mass is 9.64. The first-order valence-electron chi connectivity index (χ1n) is 26.2. The number of fused-ring (bicyclic) bond motifs is 16. The van der Waals surface area contributed by atoms with E-state index in [-0.39, 0.29) is 11.8 Å². The Labute approximate surface area is 417 Å². The van der Waals surface area contributed by atoms with Gasteiger partial charge in [0, 0.05) is 12.8 Å². The molecule has 0 radical (unpaired) electrons. The molecular weight excluding hydrogens is 929 g/mol. The minimum atomic E-state index is 0.285. The normalized spacial score (nSPS) is 22.8. The van der Waals surface area contributed by atoms with E-state index in [1.807, 2.05) is 32.4 Å². The third kappa shape index (κ3) is 9.86. The number of methoxy groups -OCH3 is 2. The number of rotatable bonds is 2. The smallest absolute Gasteiger partial charge is 0.137 e. The lowest BCUT2D eigenvalue weighted by molar-refractivity contribution is 0.0736. The van der Waals surface area contributed by atoms with E-state index >= 15 is 0 Å². The first kappa shape index (κ1) is 46.7. The first-order valence-corrected chi connectivity index (χ1v) is 27.0. The van der Waals surface area contributed by atoms with Gasteiger partial charge in [-0.1, -0.05) is 67.4 Å². The van der Waals surface area contributed by atoms with Crippen molar-refractivity contribution in [2.75, 3.05) is 67.1 Å². The Morgan fingerprint density at radius 3 is 1.17 bits per heavy atom. The number of ether oxygens (including phenoxy) is 8. The van der Waals surface area contributed by atoms with Gasteiger partial charge in [-0.25, -0.2) is 0 Å². The molecule has 2 saturated carbocycles. The lowest BCUT2D eigenvalue weighted by Crippen LogP contribution is -2.25. The van der Waals surface area contributed by atoms with Gasteiger partial charge in [-0.3, -0.25) is 0 Å². The Morgan fingerprint density at radius 1 is 0.420 bits per heavy atom. The third-order valence-electron chi connectivity index (χ3n) is 16.0. The molecule has 16 bridgehead atoms. The van der Waals surface area contributed by atoms with E-state index in [0.717, 1.165) is 117 Å². The molecule has 5 aliphatic carbocycles. The molecule has 0 N–H and O–H groups in total. The van der Waals surface area contributed by atoms with Crippen LogP contribution in [0, 0.1) is 0 Å². The maximum absolute atomic E-state index is 7.14. The molecule has 5 aromatic carbocycles. The van der Waals surface area contributed by atoms with Crippen LogP contribution in [-0.2, 0) is 48.0 Å². The monoisotopic (exact) mass is 996 g/mol. The number of hydrogen-bond acceptors (Lipinski definition) is 8. The van der Waals surface area contributed by atoms with Crippen LogP contribution in [0.25, 0.3) is 0 Å². The van der Waals surface area contributed by atoms with Crippen LogP contribution >= 0.6 is 15.9 Å². The molecule has 2 heterocycles. The predicted molar refractivity (Wildman–Crippen MR) is 274 cm³/mol. The molecule has 4 unspecified atom stereocenters. The standard InChI is InChI=1S/C60H69BrO8/c1-62-57-42-28-38-10-5-3-7-13-41-31-45-37-43-29-39-11-6-4-8-12-40-30-44(36-42)59(53(35-40)49-19-17-47(49)51(33-39)58(43)63-2)68-26-22-64-20-24-66-54-14-9-15-55(56(54)61)67-25-21-65-23-27-69-60(45)52(34-41)48-18-16-46(48)50(57)32-38/h9,14-15,28-35,46-49H,3-8,10-13,16-27,36-37H2,1-2H3. The predicted octanol–water partition coefficient (Wildman–Crippen LogP) is 13.1. The minimum absolute atomic E-state index is 0.285. The second kappa shape index (κ2) is 21.3. The average Bonchev–Trinajstić information content (AvgIpc) is 3.32. The summed E-state index contributed by atoms with van der Waals surface area (Å²) in [7, 11) is 3.78. The van der Waals surface area contributed by atoms with Crippen molar-refractivity contribution in [1.29, 1.82) is 0 Å². The first-order chi connectivity index (χ1) is 34.0. The second-order valence-electron chi connectivity index (χ2n) is 20.3. The van der Waals surface area contributed by atoms with E-state index in [9.17, 15) is 0 Å². The second-order valence-corrected chi connectivity index (χ2v) is 21.1. The summed E-state index contributed by atoms with van der Waals surface area (Å²) in [6.45, 7) is 3.42. The van der Waals surface area contributed by atoms with Gasteiger partial charge in [-0.2, -0.15) is 0 Å². The molecule has 8 nitrogen and oxygen atoms in total. The highest BCUT2D eigenvalue weighted by molar-refractivity contribution is 9.10.